The number of ketones is 1. The van der Waals surface area contributed by atoms with E-state index in [1.54, 1.807) is 19.1 Å². The zero-order chi connectivity index (χ0) is 14.7. The summed E-state index contributed by atoms with van der Waals surface area (Å²) in [6.45, 7) is 3.07. The molecule has 0 radical (unpaired) electrons. The lowest BCUT2D eigenvalue weighted by atomic mass is 9.93. The van der Waals surface area contributed by atoms with Gasteiger partial charge in [-0.15, -0.1) is 0 Å². The minimum absolute atomic E-state index is 0.0705. The van der Waals surface area contributed by atoms with Crippen molar-refractivity contribution in [3.8, 4) is 6.07 Å². The number of piperidine rings is 1. The Morgan fingerprint density at radius 2 is 2.10 bits per heavy atom. The second-order valence-corrected chi connectivity index (χ2v) is 4.94. The molecule has 2 rings (SSSR count). The molecular formula is C14H15N3O3. The standard InChI is InChI=1S/C14H15N3O3/c1-10(18)11-4-6-16(7-5-11)13-2-3-14(17(19)20)12(8-13)9-15/h2-3,8,11H,4-7H2,1H3. The summed E-state index contributed by atoms with van der Waals surface area (Å²) in [7, 11) is 0. The Morgan fingerprint density at radius 3 is 2.60 bits per heavy atom. The van der Waals surface area contributed by atoms with E-state index in [2.05, 4.69) is 4.90 Å². The molecule has 0 unspecified atom stereocenters. The predicted octanol–water partition coefficient (Wildman–Crippen LogP) is 2.27. The number of nitro groups is 1. The molecule has 0 aromatic heterocycles. The van der Waals surface area contributed by atoms with Crippen molar-refractivity contribution in [2.45, 2.75) is 19.8 Å². The van der Waals surface area contributed by atoms with E-state index in [0.29, 0.717) is 0 Å². The van der Waals surface area contributed by atoms with Crippen molar-refractivity contribution in [3.05, 3.63) is 33.9 Å². The quantitative estimate of drug-likeness (QED) is 0.622. The number of anilines is 1. The average Bonchev–Trinajstić information content (AvgIpc) is 2.46. The molecular weight excluding hydrogens is 258 g/mol. The first-order valence-electron chi connectivity index (χ1n) is 6.47. The van der Waals surface area contributed by atoms with E-state index in [9.17, 15) is 14.9 Å². The van der Waals surface area contributed by atoms with Gasteiger partial charge in [0, 0.05) is 30.8 Å². The van der Waals surface area contributed by atoms with Crippen LogP contribution in [-0.4, -0.2) is 23.8 Å². The topological polar surface area (TPSA) is 87.2 Å². The number of nitrogens with zero attached hydrogens (tertiary/aromatic N) is 3. The van der Waals surface area contributed by atoms with Gasteiger partial charge in [-0.3, -0.25) is 14.9 Å². The summed E-state index contributed by atoms with van der Waals surface area (Å²) in [5.74, 6) is 0.325. The van der Waals surface area contributed by atoms with Crippen molar-refractivity contribution in [2.24, 2.45) is 5.92 Å². The highest BCUT2D eigenvalue weighted by atomic mass is 16.6. The largest absolute Gasteiger partial charge is 0.371 e. The SMILES string of the molecule is CC(=O)C1CCN(c2ccc([N+](=O)[O-])c(C#N)c2)CC1. The smallest absolute Gasteiger partial charge is 0.287 e. The summed E-state index contributed by atoms with van der Waals surface area (Å²) in [6.07, 6.45) is 1.57. The molecule has 0 atom stereocenters. The molecule has 1 aromatic rings. The number of benzene rings is 1. The molecule has 6 nitrogen and oxygen atoms in total. The van der Waals surface area contributed by atoms with Crippen LogP contribution < -0.4 is 4.90 Å². The molecule has 0 bridgehead atoms. The Bertz CT molecular complexity index is 584. The van der Waals surface area contributed by atoms with Crippen LogP contribution >= 0.6 is 0 Å². The molecule has 1 fully saturated rings. The molecule has 1 heterocycles. The van der Waals surface area contributed by atoms with Crippen molar-refractivity contribution in [2.75, 3.05) is 18.0 Å². The van der Waals surface area contributed by atoms with Crippen molar-refractivity contribution >= 4 is 17.2 Å². The van der Waals surface area contributed by atoms with Crippen LogP contribution in [0.1, 0.15) is 25.3 Å². The summed E-state index contributed by atoms with van der Waals surface area (Å²) in [6, 6.07) is 6.43. The molecule has 0 amide bonds. The Kier molecular flexibility index (Phi) is 3.99. The number of carbonyl (C=O) groups is 1. The van der Waals surface area contributed by atoms with Crippen LogP contribution in [0.2, 0.25) is 0 Å². The van der Waals surface area contributed by atoms with E-state index in [0.717, 1.165) is 31.6 Å². The summed E-state index contributed by atoms with van der Waals surface area (Å²) in [4.78, 5) is 23.6. The fourth-order valence-electron chi connectivity index (χ4n) is 2.51. The number of carbonyl (C=O) groups excluding carboxylic acids is 1. The highest BCUT2D eigenvalue weighted by molar-refractivity contribution is 5.78. The lowest BCUT2D eigenvalue weighted by Gasteiger charge is -2.32. The Morgan fingerprint density at radius 1 is 1.45 bits per heavy atom. The lowest BCUT2D eigenvalue weighted by Crippen LogP contribution is -2.35. The van der Waals surface area contributed by atoms with Gasteiger partial charge in [0.1, 0.15) is 17.4 Å². The van der Waals surface area contributed by atoms with Crippen LogP contribution in [0.3, 0.4) is 0 Å². The maximum atomic E-state index is 11.3. The van der Waals surface area contributed by atoms with E-state index in [-0.39, 0.29) is 23.0 Å². The zero-order valence-corrected chi connectivity index (χ0v) is 11.2. The first-order valence-corrected chi connectivity index (χ1v) is 6.47. The van der Waals surface area contributed by atoms with Gasteiger partial charge in [0.25, 0.3) is 5.69 Å². The number of nitro benzene ring substituents is 1. The Hall–Kier alpha value is -2.42. The molecule has 104 valence electrons. The summed E-state index contributed by atoms with van der Waals surface area (Å²) in [5.41, 5.74) is 0.699. The van der Waals surface area contributed by atoms with Crippen molar-refractivity contribution in [3.63, 3.8) is 0 Å². The van der Waals surface area contributed by atoms with Crippen LogP contribution in [-0.2, 0) is 4.79 Å². The van der Waals surface area contributed by atoms with Gasteiger partial charge in [-0.2, -0.15) is 5.26 Å². The van der Waals surface area contributed by atoms with Crippen LogP contribution in [0, 0.1) is 27.4 Å². The van der Waals surface area contributed by atoms with Crippen LogP contribution in [0.4, 0.5) is 11.4 Å². The average molecular weight is 273 g/mol. The monoisotopic (exact) mass is 273 g/mol. The number of hydrogen-bond acceptors (Lipinski definition) is 5. The second kappa shape index (κ2) is 5.70. The van der Waals surface area contributed by atoms with Crippen LogP contribution in [0.15, 0.2) is 18.2 Å². The van der Waals surface area contributed by atoms with E-state index < -0.39 is 4.92 Å². The molecule has 1 aliphatic rings. The van der Waals surface area contributed by atoms with Gasteiger partial charge in [-0.05, 0) is 31.9 Å². The van der Waals surface area contributed by atoms with E-state index in [1.807, 2.05) is 6.07 Å². The number of rotatable bonds is 3. The third-order valence-electron chi connectivity index (χ3n) is 3.73. The van der Waals surface area contributed by atoms with Gasteiger partial charge in [0.15, 0.2) is 0 Å². The molecule has 0 spiro atoms. The number of nitriles is 1. The number of hydrogen-bond donors (Lipinski definition) is 0. The predicted molar refractivity (Wildman–Crippen MR) is 73.4 cm³/mol. The Balaban J connectivity index is 2.17. The van der Waals surface area contributed by atoms with Gasteiger partial charge >= 0.3 is 0 Å². The fraction of sp³-hybridized carbons (Fsp3) is 0.429. The minimum Gasteiger partial charge on any atom is -0.371 e. The minimum atomic E-state index is -0.551. The third kappa shape index (κ3) is 2.77. The van der Waals surface area contributed by atoms with Gasteiger partial charge in [0.05, 0.1) is 4.92 Å². The maximum absolute atomic E-state index is 11.3. The second-order valence-electron chi connectivity index (χ2n) is 4.94. The first-order chi connectivity index (χ1) is 9.52. The molecule has 1 saturated heterocycles. The van der Waals surface area contributed by atoms with Crippen LogP contribution in [0.5, 0.6) is 0 Å². The molecule has 0 aliphatic carbocycles. The van der Waals surface area contributed by atoms with E-state index in [4.69, 9.17) is 5.26 Å². The normalized spacial score (nSPS) is 15.7. The van der Waals surface area contributed by atoms with Crippen molar-refractivity contribution in [1.29, 1.82) is 5.26 Å². The molecule has 20 heavy (non-hydrogen) atoms. The van der Waals surface area contributed by atoms with Crippen molar-refractivity contribution < 1.29 is 9.72 Å². The first kappa shape index (κ1) is 14.0. The third-order valence-corrected chi connectivity index (χ3v) is 3.73. The molecule has 1 aromatic carbocycles. The highest BCUT2D eigenvalue weighted by Crippen LogP contribution is 2.28. The molecule has 0 N–H and O–H groups in total. The summed E-state index contributed by atoms with van der Waals surface area (Å²) >= 11 is 0. The summed E-state index contributed by atoms with van der Waals surface area (Å²) in [5, 5.41) is 19.8. The zero-order valence-electron chi connectivity index (χ0n) is 11.2. The van der Waals surface area contributed by atoms with Gasteiger partial charge in [0.2, 0.25) is 0 Å². The molecule has 0 saturated carbocycles. The van der Waals surface area contributed by atoms with Gasteiger partial charge in [-0.25, -0.2) is 0 Å². The Labute approximate surface area is 116 Å². The van der Waals surface area contributed by atoms with Gasteiger partial charge < -0.3 is 4.90 Å². The fourth-order valence-corrected chi connectivity index (χ4v) is 2.51. The molecule has 6 heteroatoms. The number of Topliss-reactive ketones (excluding diaryl/α,β-unsaturated/α-hetero) is 1. The maximum Gasteiger partial charge on any atom is 0.287 e. The van der Waals surface area contributed by atoms with E-state index in [1.165, 1.54) is 6.07 Å². The van der Waals surface area contributed by atoms with E-state index >= 15 is 0 Å². The van der Waals surface area contributed by atoms with Gasteiger partial charge in [-0.1, -0.05) is 0 Å². The summed E-state index contributed by atoms with van der Waals surface area (Å²) < 4.78 is 0. The molecule has 1 aliphatic heterocycles. The lowest BCUT2D eigenvalue weighted by molar-refractivity contribution is -0.385. The van der Waals surface area contributed by atoms with Crippen LogP contribution in [0.25, 0.3) is 0 Å². The van der Waals surface area contributed by atoms with Crippen molar-refractivity contribution in [1.82, 2.24) is 0 Å². The highest BCUT2D eigenvalue weighted by Gasteiger charge is 2.23.